The zero-order chi connectivity index (χ0) is 7.40. The minimum Gasteiger partial charge on any atom is -0.330 e. The van der Waals surface area contributed by atoms with Crippen molar-refractivity contribution in [2.45, 2.75) is 19.8 Å². The highest BCUT2D eigenvalue weighted by molar-refractivity contribution is 4.74. The molecular formula is C8H18N2. The molecule has 0 aromatic rings. The van der Waals surface area contributed by atoms with E-state index in [0.29, 0.717) is 0 Å². The standard InChI is InChI=1S/C8H18N2/c1-2-10-6-4-8(7-10)3-5-9/h8H,2-7,9H2,1H3/t8-/m0/s1. The topological polar surface area (TPSA) is 29.3 Å². The zero-order valence-electron chi connectivity index (χ0n) is 6.84. The molecule has 1 rings (SSSR count). The highest BCUT2D eigenvalue weighted by Crippen LogP contribution is 2.17. The quantitative estimate of drug-likeness (QED) is 0.628. The molecule has 1 aliphatic heterocycles. The van der Waals surface area contributed by atoms with Crippen LogP contribution < -0.4 is 5.73 Å². The van der Waals surface area contributed by atoms with E-state index in [9.17, 15) is 0 Å². The molecule has 0 aromatic heterocycles. The molecule has 10 heavy (non-hydrogen) atoms. The highest BCUT2D eigenvalue weighted by atomic mass is 15.1. The van der Waals surface area contributed by atoms with Crippen LogP contribution in [0.5, 0.6) is 0 Å². The summed E-state index contributed by atoms with van der Waals surface area (Å²) < 4.78 is 0. The monoisotopic (exact) mass is 142 g/mol. The van der Waals surface area contributed by atoms with Crippen LogP contribution in [-0.4, -0.2) is 31.1 Å². The van der Waals surface area contributed by atoms with E-state index in [1.807, 2.05) is 0 Å². The summed E-state index contributed by atoms with van der Waals surface area (Å²) in [7, 11) is 0. The van der Waals surface area contributed by atoms with Gasteiger partial charge in [-0.3, -0.25) is 0 Å². The van der Waals surface area contributed by atoms with E-state index in [0.717, 1.165) is 12.5 Å². The number of hydrogen-bond acceptors (Lipinski definition) is 2. The average Bonchev–Trinajstić information content (AvgIpc) is 2.37. The lowest BCUT2D eigenvalue weighted by molar-refractivity contribution is 0.339. The second-order valence-electron chi connectivity index (χ2n) is 3.13. The summed E-state index contributed by atoms with van der Waals surface area (Å²) in [6, 6.07) is 0. The normalized spacial score (nSPS) is 27.6. The van der Waals surface area contributed by atoms with E-state index < -0.39 is 0 Å². The summed E-state index contributed by atoms with van der Waals surface area (Å²) in [5.41, 5.74) is 5.48. The largest absolute Gasteiger partial charge is 0.330 e. The minimum absolute atomic E-state index is 0.863. The third-order valence-electron chi connectivity index (χ3n) is 2.39. The van der Waals surface area contributed by atoms with Crippen LogP contribution in [0.3, 0.4) is 0 Å². The Morgan fingerprint density at radius 3 is 2.90 bits per heavy atom. The Labute approximate surface area is 63.4 Å². The maximum absolute atomic E-state index is 5.48. The molecule has 2 heteroatoms. The van der Waals surface area contributed by atoms with Crippen LogP contribution in [0, 0.1) is 5.92 Å². The van der Waals surface area contributed by atoms with E-state index in [-0.39, 0.29) is 0 Å². The summed E-state index contributed by atoms with van der Waals surface area (Å²) in [4.78, 5) is 2.50. The fourth-order valence-corrected chi connectivity index (χ4v) is 1.67. The fraction of sp³-hybridized carbons (Fsp3) is 1.00. The third kappa shape index (κ3) is 1.96. The molecule has 0 radical (unpaired) electrons. The van der Waals surface area contributed by atoms with E-state index in [2.05, 4.69) is 11.8 Å². The third-order valence-corrected chi connectivity index (χ3v) is 2.39. The first-order valence-corrected chi connectivity index (χ1v) is 4.29. The van der Waals surface area contributed by atoms with Gasteiger partial charge in [-0.15, -0.1) is 0 Å². The lowest BCUT2D eigenvalue weighted by atomic mass is 10.1. The Hall–Kier alpha value is -0.0800. The van der Waals surface area contributed by atoms with Crippen LogP contribution in [0.15, 0.2) is 0 Å². The molecule has 0 bridgehead atoms. The van der Waals surface area contributed by atoms with Gasteiger partial charge in [0.05, 0.1) is 0 Å². The van der Waals surface area contributed by atoms with Crippen molar-refractivity contribution in [2.24, 2.45) is 11.7 Å². The molecular weight excluding hydrogens is 124 g/mol. The van der Waals surface area contributed by atoms with Gasteiger partial charge >= 0.3 is 0 Å². The summed E-state index contributed by atoms with van der Waals surface area (Å²) in [6.07, 6.45) is 2.58. The second kappa shape index (κ2) is 3.94. The van der Waals surface area contributed by atoms with Crippen LogP contribution in [-0.2, 0) is 0 Å². The Kier molecular flexibility index (Phi) is 3.16. The number of nitrogens with two attached hydrogens (primary N) is 1. The second-order valence-corrected chi connectivity index (χ2v) is 3.13. The van der Waals surface area contributed by atoms with Gasteiger partial charge in [-0.2, -0.15) is 0 Å². The van der Waals surface area contributed by atoms with Gasteiger partial charge in [-0.05, 0) is 38.4 Å². The van der Waals surface area contributed by atoms with Crippen molar-refractivity contribution in [1.29, 1.82) is 0 Å². The number of nitrogens with zero attached hydrogens (tertiary/aromatic N) is 1. The molecule has 2 nitrogen and oxygen atoms in total. The van der Waals surface area contributed by atoms with Crippen LogP contribution >= 0.6 is 0 Å². The highest BCUT2D eigenvalue weighted by Gasteiger charge is 2.19. The van der Waals surface area contributed by atoms with Crippen molar-refractivity contribution < 1.29 is 0 Å². The smallest absolute Gasteiger partial charge is 0.00105 e. The van der Waals surface area contributed by atoms with Crippen molar-refractivity contribution >= 4 is 0 Å². The molecule has 1 aliphatic rings. The maximum atomic E-state index is 5.48. The minimum atomic E-state index is 0.863. The van der Waals surface area contributed by atoms with Gasteiger partial charge in [0.1, 0.15) is 0 Å². The first-order chi connectivity index (χ1) is 4.86. The molecule has 0 saturated carbocycles. The first kappa shape index (κ1) is 8.02. The maximum Gasteiger partial charge on any atom is 0.00105 e. The SMILES string of the molecule is CCN1CC[C@H](CCN)C1. The van der Waals surface area contributed by atoms with Crippen molar-refractivity contribution in [2.75, 3.05) is 26.2 Å². The van der Waals surface area contributed by atoms with Crippen molar-refractivity contribution in [1.82, 2.24) is 4.90 Å². The molecule has 1 atom stereocenters. The van der Waals surface area contributed by atoms with Gasteiger partial charge in [0.2, 0.25) is 0 Å². The fourth-order valence-electron chi connectivity index (χ4n) is 1.67. The summed E-state index contributed by atoms with van der Waals surface area (Å²) in [5.74, 6) is 0.893. The summed E-state index contributed by atoms with van der Waals surface area (Å²) in [5, 5.41) is 0. The van der Waals surface area contributed by atoms with Gasteiger partial charge in [0, 0.05) is 6.54 Å². The van der Waals surface area contributed by atoms with Crippen LogP contribution in [0.25, 0.3) is 0 Å². The van der Waals surface area contributed by atoms with E-state index in [4.69, 9.17) is 5.73 Å². The lowest BCUT2D eigenvalue weighted by Crippen LogP contribution is -2.20. The molecule has 2 N–H and O–H groups in total. The lowest BCUT2D eigenvalue weighted by Gasteiger charge is -2.11. The Morgan fingerprint density at radius 2 is 2.40 bits per heavy atom. The number of likely N-dealkylation sites (tertiary alicyclic amines) is 1. The van der Waals surface area contributed by atoms with Crippen LogP contribution in [0.1, 0.15) is 19.8 Å². The molecule has 1 saturated heterocycles. The van der Waals surface area contributed by atoms with Gasteiger partial charge in [0.25, 0.3) is 0 Å². The number of hydrogen-bond donors (Lipinski definition) is 1. The van der Waals surface area contributed by atoms with Crippen molar-refractivity contribution in [3.8, 4) is 0 Å². The van der Waals surface area contributed by atoms with E-state index >= 15 is 0 Å². The summed E-state index contributed by atoms with van der Waals surface area (Å²) in [6.45, 7) is 6.88. The molecule has 0 amide bonds. The average molecular weight is 142 g/mol. The Bertz CT molecular complexity index is 93.3. The molecule has 1 fully saturated rings. The van der Waals surface area contributed by atoms with Gasteiger partial charge in [-0.1, -0.05) is 6.92 Å². The molecule has 60 valence electrons. The zero-order valence-corrected chi connectivity index (χ0v) is 6.84. The van der Waals surface area contributed by atoms with Gasteiger partial charge in [-0.25, -0.2) is 0 Å². The predicted molar refractivity (Wildman–Crippen MR) is 43.9 cm³/mol. The van der Waals surface area contributed by atoms with Gasteiger partial charge < -0.3 is 10.6 Å². The molecule has 0 unspecified atom stereocenters. The first-order valence-electron chi connectivity index (χ1n) is 4.29. The van der Waals surface area contributed by atoms with Crippen molar-refractivity contribution in [3.63, 3.8) is 0 Å². The molecule has 1 heterocycles. The molecule has 0 aromatic carbocycles. The Balaban J connectivity index is 2.15. The predicted octanol–water partition coefficient (Wildman–Crippen LogP) is 0.677. The van der Waals surface area contributed by atoms with E-state index in [1.54, 1.807) is 0 Å². The number of rotatable bonds is 3. The van der Waals surface area contributed by atoms with Crippen LogP contribution in [0.4, 0.5) is 0 Å². The van der Waals surface area contributed by atoms with Crippen molar-refractivity contribution in [3.05, 3.63) is 0 Å². The molecule has 0 spiro atoms. The van der Waals surface area contributed by atoms with Crippen LogP contribution in [0.2, 0.25) is 0 Å². The molecule has 0 aliphatic carbocycles. The summed E-state index contributed by atoms with van der Waals surface area (Å²) >= 11 is 0. The van der Waals surface area contributed by atoms with Gasteiger partial charge in [0.15, 0.2) is 0 Å². The Morgan fingerprint density at radius 1 is 1.60 bits per heavy atom. The van der Waals surface area contributed by atoms with E-state index in [1.165, 1.54) is 32.5 Å².